The van der Waals surface area contributed by atoms with Crippen LogP contribution in [-0.4, -0.2) is 31.5 Å². The van der Waals surface area contributed by atoms with Crippen LogP contribution in [0.15, 0.2) is 30.3 Å². The second kappa shape index (κ2) is 5.95. The molecular formula is C17H20N6. The van der Waals surface area contributed by atoms with E-state index in [1.807, 2.05) is 22.9 Å². The Balaban J connectivity index is 1.69. The zero-order chi connectivity index (χ0) is 15.6. The zero-order valence-electron chi connectivity index (χ0n) is 13.2. The molecule has 2 aromatic heterocycles. The maximum atomic E-state index is 4.64. The molecule has 0 aliphatic heterocycles. The molecule has 2 heterocycles. The first-order valence-electron chi connectivity index (χ1n) is 8.21. The van der Waals surface area contributed by atoms with Crippen molar-refractivity contribution in [2.24, 2.45) is 5.92 Å². The minimum atomic E-state index is 0.666. The Morgan fingerprint density at radius 2 is 2.00 bits per heavy atom. The van der Waals surface area contributed by atoms with E-state index in [9.17, 15) is 0 Å². The lowest BCUT2D eigenvalue weighted by molar-refractivity contribution is 0.662. The van der Waals surface area contributed by atoms with Crippen LogP contribution in [0.3, 0.4) is 0 Å². The third-order valence-corrected chi connectivity index (χ3v) is 4.16. The van der Waals surface area contributed by atoms with Gasteiger partial charge in [-0.2, -0.15) is 0 Å². The SMILES string of the molecule is CCc1nc(NCC2CC2)c2nnn(Cc3ccccc3)c2n1. The Kier molecular flexibility index (Phi) is 3.65. The first kappa shape index (κ1) is 14.1. The predicted molar refractivity (Wildman–Crippen MR) is 89.3 cm³/mol. The normalized spacial score (nSPS) is 14.3. The summed E-state index contributed by atoms with van der Waals surface area (Å²) in [6.07, 6.45) is 3.41. The third kappa shape index (κ3) is 3.02. The summed E-state index contributed by atoms with van der Waals surface area (Å²) >= 11 is 0. The van der Waals surface area contributed by atoms with Crippen LogP contribution in [-0.2, 0) is 13.0 Å². The minimum absolute atomic E-state index is 0.666. The van der Waals surface area contributed by atoms with Crippen molar-refractivity contribution in [3.63, 3.8) is 0 Å². The molecule has 1 aliphatic carbocycles. The smallest absolute Gasteiger partial charge is 0.184 e. The fourth-order valence-electron chi connectivity index (χ4n) is 2.61. The summed E-state index contributed by atoms with van der Waals surface area (Å²) < 4.78 is 1.85. The highest BCUT2D eigenvalue weighted by molar-refractivity contribution is 5.82. The van der Waals surface area contributed by atoms with E-state index in [0.717, 1.165) is 41.7 Å². The maximum Gasteiger partial charge on any atom is 0.184 e. The van der Waals surface area contributed by atoms with Gasteiger partial charge >= 0.3 is 0 Å². The molecule has 0 saturated heterocycles. The number of rotatable bonds is 6. The summed E-state index contributed by atoms with van der Waals surface area (Å²) in [4.78, 5) is 9.24. The van der Waals surface area contributed by atoms with Crippen LogP contribution < -0.4 is 5.32 Å². The molecule has 0 atom stereocenters. The second-order valence-corrected chi connectivity index (χ2v) is 6.07. The van der Waals surface area contributed by atoms with Crippen LogP contribution in [0.5, 0.6) is 0 Å². The van der Waals surface area contributed by atoms with Crippen molar-refractivity contribution in [2.45, 2.75) is 32.7 Å². The number of aromatic nitrogens is 5. The third-order valence-electron chi connectivity index (χ3n) is 4.16. The molecule has 1 fully saturated rings. The molecule has 6 heteroatoms. The number of hydrogen-bond acceptors (Lipinski definition) is 5. The Morgan fingerprint density at radius 1 is 1.17 bits per heavy atom. The zero-order valence-corrected chi connectivity index (χ0v) is 13.2. The summed E-state index contributed by atoms with van der Waals surface area (Å²) in [6, 6.07) is 10.2. The highest BCUT2D eigenvalue weighted by atomic mass is 15.4. The largest absolute Gasteiger partial charge is 0.368 e. The molecule has 0 bridgehead atoms. The van der Waals surface area contributed by atoms with Crippen LogP contribution in [0.2, 0.25) is 0 Å². The van der Waals surface area contributed by atoms with Gasteiger partial charge in [-0.05, 0) is 24.3 Å². The van der Waals surface area contributed by atoms with Gasteiger partial charge in [0.2, 0.25) is 0 Å². The monoisotopic (exact) mass is 308 g/mol. The first-order valence-corrected chi connectivity index (χ1v) is 8.21. The van der Waals surface area contributed by atoms with E-state index in [1.165, 1.54) is 18.4 Å². The van der Waals surface area contributed by atoms with Crippen molar-refractivity contribution >= 4 is 17.0 Å². The van der Waals surface area contributed by atoms with Gasteiger partial charge in [0.1, 0.15) is 5.82 Å². The molecule has 1 saturated carbocycles. The number of nitrogens with one attached hydrogen (secondary N) is 1. The summed E-state index contributed by atoms with van der Waals surface area (Å²) in [5.74, 6) is 2.43. The summed E-state index contributed by atoms with van der Waals surface area (Å²) in [5, 5.41) is 12.0. The second-order valence-electron chi connectivity index (χ2n) is 6.07. The topological polar surface area (TPSA) is 68.5 Å². The van der Waals surface area contributed by atoms with Gasteiger partial charge in [-0.15, -0.1) is 5.10 Å². The molecule has 4 rings (SSSR count). The van der Waals surface area contributed by atoms with E-state index in [4.69, 9.17) is 0 Å². The van der Waals surface area contributed by atoms with Crippen molar-refractivity contribution in [2.75, 3.05) is 11.9 Å². The van der Waals surface area contributed by atoms with Crippen molar-refractivity contribution in [1.29, 1.82) is 0 Å². The average Bonchev–Trinajstić information content (AvgIpc) is 3.34. The van der Waals surface area contributed by atoms with Crippen LogP contribution in [0, 0.1) is 5.92 Å². The molecule has 0 unspecified atom stereocenters. The van der Waals surface area contributed by atoms with Crippen LogP contribution in [0.1, 0.15) is 31.2 Å². The van der Waals surface area contributed by atoms with Gasteiger partial charge < -0.3 is 5.32 Å². The standard InChI is InChI=1S/C17H20N6/c1-2-14-19-16(18-10-12-8-9-12)15-17(20-14)23(22-21-15)11-13-6-4-3-5-7-13/h3-7,12H,2,8-11H2,1H3,(H,18,19,20). The van der Waals surface area contributed by atoms with Gasteiger partial charge in [-0.1, -0.05) is 42.5 Å². The first-order chi connectivity index (χ1) is 11.3. The van der Waals surface area contributed by atoms with Gasteiger partial charge in [0.25, 0.3) is 0 Å². The lowest BCUT2D eigenvalue weighted by Gasteiger charge is -2.07. The van der Waals surface area contributed by atoms with E-state index < -0.39 is 0 Å². The number of hydrogen-bond donors (Lipinski definition) is 1. The van der Waals surface area contributed by atoms with E-state index in [2.05, 4.69) is 44.7 Å². The molecule has 0 radical (unpaired) electrons. The van der Waals surface area contributed by atoms with Gasteiger partial charge in [-0.3, -0.25) is 0 Å². The molecule has 118 valence electrons. The Bertz CT molecular complexity index is 807. The maximum absolute atomic E-state index is 4.64. The van der Waals surface area contributed by atoms with Gasteiger partial charge in [0.15, 0.2) is 17.0 Å². The lowest BCUT2D eigenvalue weighted by Crippen LogP contribution is -2.09. The van der Waals surface area contributed by atoms with Crippen molar-refractivity contribution in [3.8, 4) is 0 Å². The van der Waals surface area contributed by atoms with Crippen LogP contribution in [0.4, 0.5) is 5.82 Å². The molecular weight excluding hydrogens is 288 g/mol. The molecule has 1 N–H and O–H groups in total. The number of aryl methyl sites for hydroxylation is 1. The molecule has 3 aromatic rings. The fraction of sp³-hybridized carbons (Fsp3) is 0.412. The average molecular weight is 308 g/mol. The summed E-state index contributed by atoms with van der Waals surface area (Å²) in [5.41, 5.74) is 2.75. The quantitative estimate of drug-likeness (QED) is 0.758. The Labute approximate surface area is 135 Å². The summed E-state index contributed by atoms with van der Waals surface area (Å²) in [6.45, 7) is 3.69. The van der Waals surface area contributed by atoms with Crippen molar-refractivity contribution in [3.05, 3.63) is 41.7 Å². The minimum Gasteiger partial charge on any atom is -0.368 e. The van der Waals surface area contributed by atoms with Gasteiger partial charge in [0, 0.05) is 13.0 Å². The lowest BCUT2D eigenvalue weighted by atomic mass is 10.2. The molecule has 23 heavy (non-hydrogen) atoms. The Morgan fingerprint density at radius 3 is 2.74 bits per heavy atom. The van der Waals surface area contributed by atoms with E-state index in [1.54, 1.807) is 0 Å². The van der Waals surface area contributed by atoms with E-state index >= 15 is 0 Å². The molecule has 0 spiro atoms. The van der Waals surface area contributed by atoms with Gasteiger partial charge in [-0.25, -0.2) is 14.6 Å². The van der Waals surface area contributed by atoms with Crippen LogP contribution in [0.25, 0.3) is 11.2 Å². The molecule has 1 aliphatic rings. The summed E-state index contributed by atoms with van der Waals surface area (Å²) in [7, 11) is 0. The molecule has 6 nitrogen and oxygen atoms in total. The van der Waals surface area contributed by atoms with Crippen LogP contribution >= 0.6 is 0 Å². The number of anilines is 1. The van der Waals surface area contributed by atoms with Crippen molar-refractivity contribution < 1.29 is 0 Å². The van der Waals surface area contributed by atoms with E-state index in [0.29, 0.717) is 6.54 Å². The van der Waals surface area contributed by atoms with Gasteiger partial charge in [0.05, 0.1) is 6.54 Å². The number of benzene rings is 1. The predicted octanol–water partition coefficient (Wildman–Crippen LogP) is 2.65. The van der Waals surface area contributed by atoms with Crippen molar-refractivity contribution in [1.82, 2.24) is 25.0 Å². The fourth-order valence-corrected chi connectivity index (χ4v) is 2.61. The number of fused-ring (bicyclic) bond motifs is 1. The highest BCUT2D eigenvalue weighted by Crippen LogP contribution is 2.29. The Hall–Kier alpha value is -2.50. The molecule has 0 amide bonds. The number of nitrogens with zero attached hydrogens (tertiary/aromatic N) is 5. The molecule has 1 aromatic carbocycles. The van der Waals surface area contributed by atoms with E-state index in [-0.39, 0.29) is 0 Å². The highest BCUT2D eigenvalue weighted by Gasteiger charge is 2.22.